The molecule has 26 heavy (non-hydrogen) atoms. The van der Waals surface area contributed by atoms with Gasteiger partial charge in [0.2, 0.25) is 11.8 Å². The van der Waals surface area contributed by atoms with Gasteiger partial charge in [0, 0.05) is 18.3 Å². The minimum Gasteiger partial charge on any atom is -0.481 e. The molecule has 1 aliphatic heterocycles. The molecule has 0 radical (unpaired) electrons. The van der Waals surface area contributed by atoms with Crippen LogP contribution in [0.4, 0.5) is 5.69 Å². The zero-order valence-corrected chi connectivity index (χ0v) is 15.3. The van der Waals surface area contributed by atoms with Gasteiger partial charge in [0.25, 0.3) is 0 Å². The summed E-state index contributed by atoms with van der Waals surface area (Å²) in [5, 5.41) is 11.9. The standard InChI is InChI=1S/C20H26N2O4/c1-12(2)13-4-7-16(8-5-13)22-10-9-17(19(22)24)18(23)21-15-6-3-14(11-15)20(25)26/h4-5,7-8,12,14-15,17H,3,6,9-11H2,1-2H3,(H,21,23)(H,25,26)/t14-,15+,17?/m1/s1. The Morgan fingerprint density at radius 2 is 1.85 bits per heavy atom. The second-order valence-corrected chi connectivity index (χ2v) is 7.63. The van der Waals surface area contributed by atoms with Gasteiger partial charge in [-0.05, 0) is 49.3 Å². The third kappa shape index (κ3) is 3.74. The van der Waals surface area contributed by atoms with E-state index in [0.29, 0.717) is 38.1 Å². The van der Waals surface area contributed by atoms with E-state index < -0.39 is 17.8 Å². The quantitative estimate of drug-likeness (QED) is 0.792. The van der Waals surface area contributed by atoms with Crippen molar-refractivity contribution in [2.75, 3.05) is 11.4 Å². The van der Waals surface area contributed by atoms with Gasteiger partial charge in [-0.1, -0.05) is 26.0 Å². The van der Waals surface area contributed by atoms with Gasteiger partial charge in [-0.15, -0.1) is 0 Å². The van der Waals surface area contributed by atoms with Crippen LogP contribution in [0.5, 0.6) is 0 Å². The van der Waals surface area contributed by atoms with Crippen LogP contribution in [-0.4, -0.2) is 35.5 Å². The van der Waals surface area contributed by atoms with Crippen molar-refractivity contribution in [2.45, 2.75) is 51.5 Å². The van der Waals surface area contributed by atoms with E-state index in [2.05, 4.69) is 19.2 Å². The summed E-state index contributed by atoms with van der Waals surface area (Å²) in [6, 6.07) is 7.76. The number of aliphatic carboxylic acids is 1. The molecule has 2 amide bonds. The van der Waals surface area contributed by atoms with Gasteiger partial charge in [0.05, 0.1) is 5.92 Å². The highest BCUT2D eigenvalue weighted by molar-refractivity contribution is 6.09. The van der Waals surface area contributed by atoms with Crippen molar-refractivity contribution in [2.24, 2.45) is 11.8 Å². The van der Waals surface area contributed by atoms with E-state index in [9.17, 15) is 14.4 Å². The highest BCUT2D eigenvalue weighted by atomic mass is 16.4. The Bertz CT molecular complexity index is 698. The summed E-state index contributed by atoms with van der Waals surface area (Å²) in [7, 11) is 0. The molecule has 1 saturated heterocycles. The van der Waals surface area contributed by atoms with E-state index in [-0.39, 0.29) is 17.9 Å². The molecular formula is C20H26N2O4. The van der Waals surface area contributed by atoms with Gasteiger partial charge in [0.1, 0.15) is 5.92 Å². The number of carboxylic acids is 1. The number of anilines is 1. The first-order valence-electron chi connectivity index (χ1n) is 9.31. The topological polar surface area (TPSA) is 86.7 Å². The Balaban J connectivity index is 1.60. The zero-order valence-electron chi connectivity index (χ0n) is 15.3. The highest BCUT2D eigenvalue weighted by Crippen LogP contribution is 2.29. The predicted molar refractivity (Wildman–Crippen MR) is 97.9 cm³/mol. The Morgan fingerprint density at radius 3 is 2.42 bits per heavy atom. The lowest BCUT2D eigenvalue weighted by molar-refractivity contribution is -0.142. The van der Waals surface area contributed by atoms with Crippen LogP contribution in [0.2, 0.25) is 0 Å². The van der Waals surface area contributed by atoms with Crippen molar-refractivity contribution in [3.63, 3.8) is 0 Å². The van der Waals surface area contributed by atoms with Gasteiger partial charge in [-0.2, -0.15) is 0 Å². The summed E-state index contributed by atoms with van der Waals surface area (Å²) in [5.41, 5.74) is 2.03. The number of carboxylic acid groups (broad SMARTS) is 1. The number of nitrogens with zero attached hydrogens (tertiary/aromatic N) is 1. The minimum absolute atomic E-state index is 0.143. The van der Waals surface area contributed by atoms with Crippen molar-refractivity contribution in [1.82, 2.24) is 5.32 Å². The molecule has 1 saturated carbocycles. The number of nitrogens with one attached hydrogen (secondary N) is 1. The molecule has 2 fully saturated rings. The lowest BCUT2D eigenvalue weighted by Gasteiger charge is -2.19. The van der Waals surface area contributed by atoms with E-state index in [1.807, 2.05) is 24.3 Å². The number of rotatable bonds is 5. The third-order valence-corrected chi connectivity index (χ3v) is 5.52. The molecule has 2 N–H and O–H groups in total. The Labute approximate surface area is 153 Å². The van der Waals surface area contributed by atoms with Crippen molar-refractivity contribution in [3.8, 4) is 0 Å². The molecule has 3 rings (SSSR count). The highest BCUT2D eigenvalue weighted by Gasteiger charge is 2.39. The average molecular weight is 358 g/mol. The van der Waals surface area contributed by atoms with E-state index in [1.54, 1.807) is 4.90 Å². The maximum absolute atomic E-state index is 12.7. The van der Waals surface area contributed by atoms with E-state index in [0.717, 1.165) is 5.69 Å². The molecule has 0 spiro atoms. The molecule has 0 aromatic heterocycles. The number of amides is 2. The van der Waals surface area contributed by atoms with Crippen molar-refractivity contribution in [3.05, 3.63) is 29.8 Å². The van der Waals surface area contributed by atoms with Crippen LogP contribution in [-0.2, 0) is 14.4 Å². The number of carbonyl (C=O) groups is 3. The molecule has 140 valence electrons. The number of benzene rings is 1. The van der Waals surface area contributed by atoms with E-state index >= 15 is 0 Å². The number of hydrogen-bond acceptors (Lipinski definition) is 3. The van der Waals surface area contributed by atoms with Gasteiger partial charge in [-0.25, -0.2) is 0 Å². The van der Waals surface area contributed by atoms with Crippen LogP contribution < -0.4 is 10.2 Å². The molecule has 1 heterocycles. The van der Waals surface area contributed by atoms with Crippen molar-refractivity contribution < 1.29 is 19.5 Å². The molecule has 2 aliphatic rings. The summed E-state index contributed by atoms with van der Waals surface area (Å²) in [4.78, 5) is 37.9. The monoisotopic (exact) mass is 358 g/mol. The molecule has 3 atom stereocenters. The fourth-order valence-electron chi connectivity index (χ4n) is 3.86. The van der Waals surface area contributed by atoms with Crippen molar-refractivity contribution >= 4 is 23.5 Å². The zero-order chi connectivity index (χ0) is 18.8. The first-order chi connectivity index (χ1) is 12.4. The maximum atomic E-state index is 12.7. The van der Waals surface area contributed by atoms with Crippen LogP contribution in [0, 0.1) is 11.8 Å². The smallest absolute Gasteiger partial charge is 0.306 e. The molecule has 1 aromatic carbocycles. The average Bonchev–Trinajstić information content (AvgIpc) is 3.21. The van der Waals surface area contributed by atoms with Crippen LogP contribution in [0.15, 0.2) is 24.3 Å². The Hall–Kier alpha value is -2.37. The second kappa shape index (κ2) is 7.48. The van der Waals surface area contributed by atoms with Gasteiger partial charge < -0.3 is 15.3 Å². The number of hydrogen-bond donors (Lipinski definition) is 2. The Morgan fingerprint density at radius 1 is 1.15 bits per heavy atom. The summed E-state index contributed by atoms with van der Waals surface area (Å²) in [6.07, 6.45) is 2.17. The van der Waals surface area contributed by atoms with E-state index in [1.165, 1.54) is 5.56 Å². The van der Waals surface area contributed by atoms with Crippen LogP contribution >= 0.6 is 0 Å². The van der Waals surface area contributed by atoms with E-state index in [4.69, 9.17) is 5.11 Å². The number of carbonyl (C=O) groups excluding carboxylic acids is 2. The molecule has 1 aliphatic carbocycles. The summed E-state index contributed by atoms with van der Waals surface area (Å²) >= 11 is 0. The summed E-state index contributed by atoms with van der Waals surface area (Å²) in [5.74, 6) is -1.90. The maximum Gasteiger partial charge on any atom is 0.306 e. The van der Waals surface area contributed by atoms with Crippen LogP contribution in [0.25, 0.3) is 0 Å². The van der Waals surface area contributed by atoms with Gasteiger partial charge in [0.15, 0.2) is 0 Å². The lowest BCUT2D eigenvalue weighted by atomic mass is 10.0. The molecule has 6 nitrogen and oxygen atoms in total. The first-order valence-corrected chi connectivity index (χ1v) is 9.31. The summed E-state index contributed by atoms with van der Waals surface area (Å²) in [6.45, 7) is 4.77. The minimum atomic E-state index is -0.810. The van der Waals surface area contributed by atoms with Gasteiger partial charge in [-0.3, -0.25) is 14.4 Å². The van der Waals surface area contributed by atoms with Crippen molar-refractivity contribution in [1.29, 1.82) is 0 Å². The van der Waals surface area contributed by atoms with Crippen LogP contribution in [0.1, 0.15) is 51.0 Å². The normalized spacial score (nSPS) is 25.7. The largest absolute Gasteiger partial charge is 0.481 e. The molecular weight excluding hydrogens is 332 g/mol. The fraction of sp³-hybridized carbons (Fsp3) is 0.550. The molecule has 0 bridgehead atoms. The fourth-order valence-corrected chi connectivity index (χ4v) is 3.86. The van der Waals surface area contributed by atoms with Crippen LogP contribution in [0.3, 0.4) is 0 Å². The third-order valence-electron chi connectivity index (χ3n) is 5.52. The Kier molecular flexibility index (Phi) is 5.30. The second-order valence-electron chi connectivity index (χ2n) is 7.63. The molecule has 1 aromatic rings. The van der Waals surface area contributed by atoms with Gasteiger partial charge >= 0.3 is 5.97 Å². The summed E-state index contributed by atoms with van der Waals surface area (Å²) < 4.78 is 0. The lowest BCUT2D eigenvalue weighted by Crippen LogP contribution is -2.41. The molecule has 1 unspecified atom stereocenters. The SMILES string of the molecule is CC(C)c1ccc(N2CCC(C(=O)N[C@H]3CC[C@@H](C(=O)O)C3)C2=O)cc1. The first kappa shape index (κ1) is 18.4. The molecule has 6 heteroatoms. The predicted octanol–water partition coefficient (Wildman–Crippen LogP) is 2.53.